The average Bonchev–Trinajstić information content (AvgIpc) is 2.28. The molecule has 1 aromatic rings. The molecule has 1 rings (SSSR count). The van der Waals surface area contributed by atoms with E-state index < -0.39 is 5.60 Å². The molecule has 0 bridgehead atoms. The number of nitrogens with one attached hydrogen (secondary N) is 1. The van der Waals surface area contributed by atoms with E-state index in [0.29, 0.717) is 13.1 Å². The Morgan fingerprint density at radius 3 is 2.58 bits per heavy atom. The van der Waals surface area contributed by atoms with Gasteiger partial charge in [-0.1, -0.05) is 15.9 Å². The normalized spacial score (nSPS) is 11.3. The lowest BCUT2D eigenvalue weighted by Crippen LogP contribution is -2.44. The molecular weight excluding hydrogens is 308 g/mol. The van der Waals surface area contributed by atoms with Gasteiger partial charge in [0.1, 0.15) is 0 Å². The summed E-state index contributed by atoms with van der Waals surface area (Å²) in [5.74, 6) is 0. The SMILES string of the molecule is CCN(CC(C)(C)O)C(=O)Nc1ccc(Br)cc1C. The van der Waals surface area contributed by atoms with E-state index in [9.17, 15) is 9.90 Å². The summed E-state index contributed by atoms with van der Waals surface area (Å²) in [6, 6.07) is 5.49. The Labute approximate surface area is 122 Å². The number of hydrogen-bond donors (Lipinski definition) is 2. The number of hydrogen-bond acceptors (Lipinski definition) is 2. The molecule has 0 unspecified atom stereocenters. The largest absolute Gasteiger partial charge is 0.389 e. The van der Waals surface area contributed by atoms with Crippen molar-refractivity contribution < 1.29 is 9.90 Å². The number of urea groups is 1. The van der Waals surface area contributed by atoms with E-state index in [1.807, 2.05) is 32.0 Å². The average molecular weight is 329 g/mol. The maximum atomic E-state index is 12.2. The first kappa shape index (κ1) is 16.0. The molecule has 106 valence electrons. The van der Waals surface area contributed by atoms with Crippen LogP contribution in [0.25, 0.3) is 0 Å². The molecule has 0 spiro atoms. The van der Waals surface area contributed by atoms with Crippen molar-refractivity contribution in [3.05, 3.63) is 28.2 Å². The van der Waals surface area contributed by atoms with Crippen LogP contribution in [-0.4, -0.2) is 34.7 Å². The predicted octanol–water partition coefficient (Wildman–Crippen LogP) is 3.38. The molecular formula is C14H21BrN2O2. The van der Waals surface area contributed by atoms with Gasteiger partial charge in [0.2, 0.25) is 0 Å². The van der Waals surface area contributed by atoms with E-state index in [0.717, 1.165) is 15.7 Å². The summed E-state index contributed by atoms with van der Waals surface area (Å²) < 4.78 is 0.979. The topological polar surface area (TPSA) is 52.6 Å². The molecule has 0 aromatic heterocycles. The van der Waals surface area contributed by atoms with Crippen molar-refractivity contribution in [1.29, 1.82) is 0 Å². The number of nitrogens with zero attached hydrogens (tertiary/aromatic N) is 1. The highest BCUT2D eigenvalue weighted by molar-refractivity contribution is 9.10. The molecule has 1 aromatic carbocycles. The first-order valence-electron chi connectivity index (χ1n) is 6.27. The van der Waals surface area contributed by atoms with Gasteiger partial charge in [0, 0.05) is 16.7 Å². The molecule has 4 nitrogen and oxygen atoms in total. The Bertz CT molecular complexity index is 455. The van der Waals surface area contributed by atoms with Gasteiger partial charge in [-0.2, -0.15) is 0 Å². The molecule has 0 fully saturated rings. The van der Waals surface area contributed by atoms with Gasteiger partial charge in [0.15, 0.2) is 0 Å². The van der Waals surface area contributed by atoms with Crippen molar-refractivity contribution in [1.82, 2.24) is 4.90 Å². The van der Waals surface area contributed by atoms with E-state index in [4.69, 9.17) is 0 Å². The monoisotopic (exact) mass is 328 g/mol. The molecule has 0 aliphatic rings. The minimum Gasteiger partial charge on any atom is -0.389 e. The summed E-state index contributed by atoms with van der Waals surface area (Å²) in [5, 5.41) is 12.7. The Balaban J connectivity index is 2.77. The van der Waals surface area contributed by atoms with Gasteiger partial charge in [-0.25, -0.2) is 4.79 Å². The first-order chi connectivity index (χ1) is 8.73. The van der Waals surface area contributed by atoms with Crippen LogP contribution in [0.3, 0.4) is 0 Å². The summed E-state index contributed by atoms with van der Waals surface area (Å²) in [5.41, 5.74) is 0.867. The Morgan fingerprint density at radius 2 is 2.11 bits per heavy atom. The number of halogens is 1. The number of carbonyl (C=O) groups is 1. The number of likely N-dealkylation sites (N-methyl/N-ethyl adjacent to an activating group) is 1. The minimum absolute atomic E-state index is 0.199. The van der Waals surface area contributed by atoms with E-state index in [1.165, 1.54) is 0 Å². The Kier molecular flexibility index (Phi) is 5.38. The highest BCUT2D eigenvalue weighted by Crippen LogP contribution is 2.20. The third-order valence-electron chi connectivity index (χ3n) is 2.68. The number of rotatable bonds is 4. The number of aryl methyl sites for hydroxylation is 1. The second kappa shape index (κ2) is 6.39. The fourth-order valence-electron chi connectivity index (χ4n) is 1.76. The maximum absolute atomic E-state index is 12.2. The van der Waals surface area contributed by atoms with Crippen LogP contribution in [0.15, 0.2) is 22.7 Å². The molecule has 5 heteroatoms. The molecule has 0 heterocycles. The molecule has 0 atom stereocenters. The Morgan fingerprint density at radius 1 is 1.47 bits per heavy atom. The van der Waals surface area contributed by atoms with Crippen LogP contribution in [-0.2, 0) is 0 Å². The van der Waals surface area contributed by atoms with Gasteiger partial charge in [0.05, 0.1) is 12.1 Å². The number of amides is 2. The second-order valence-corrected chi connectivity index (χ2v) is 6.13. The summed E-state index contributed by atoms with van der Waals surface area (Å²) >= 11 is 3.39. The van der Waals surface area contributed by atoms with E-state index in [-0.39, 0.29) is 6.03 Å². The van der Waals surface area contributed by atoms with Crippen LogP contribution in [0.2, 0.25) is 0 Å². The van der Waals surface area contributed by atoms with Gasteiger partial charge < -0.3 is 15.3 Å². The third kappa shape index (κ3) is 5.20. The zero-order valence-electron chi connectivity index (χ0n) is 11.8. The number of benzene rings is 1. The second-order valence-electron chi connectivity index (χ2n) is 5.22. The highest BCUT2D eigenvalue weighted by atomic mass is 79.9. The fourth-order valence-corrected chi connectivity index (χ4v) is 2.23. The van der Waals surface area contributed by atoms with E-state index in [2.05, 4.69) is 21.2 Å². The smallest absolute Gasteiger partial charge is 0.321 e. The summed E-state index contributed by atoms with van der Waals surface area (Å²) in [6.07, 6.45) is 0. The van der Waals surface area contributed by atoms with Gasteiger partial charge in [-0.15, -0.1) is 0 Å². The zero-order valence-corrected chi connectivity index (χ0v) is 13.4. The van der Waals surface area contributed by atoms with Gasteiger partial charge in [-0.3, -0.25) is 0 Å². The number of anilines is 1. The minimum atomic E-state index is -0.901. The molecule has 0 saturated heterocycles. The molecule has 0 aliphatic heterocycles. The van der Waals surface area contributed by atoms with Crippen molar-refractivity contribution in [2.24, 2.45) is 0 Å². The van der Waals surface area contributed by atoms with E-state index >= 15 is 0 Å². The lowest BCUT2D eigenvalue weighted by atomic mass is 10.1. The predicted molar refractivity (Wildman–Crippen MR) is 81.4 cm³/mol. The lowest BCUT2D eigenvalue weighted by molar-refractivity contribution is 0.0501. The highest BCUT2D eigenvalue weighted by Gasteiger charge is 2.21. The van der Waals surface area contributed by atoms with Gasteiger partial charge in [0.25, 0.3) is 0 Å². The fraction of sp³-hybridized carbons (Fsp3) is 0.500. The van der Waals surface area contributed by atoms with Crippen LogP contribution in [0.1, 0.15) is 26.3 Å². The summed E-state index contributed by atoms with van der Waals surface area (Å²) in [4.78, 5) is 13.7. The third-order valence-corrected chi connectivity index (χ3v) is 3.17. The van der Waals surface area contributed by atoms with Crippen molar-refractivity contribution in [2.45, 2.75) is 33.3 Å². The van der Waals surface area contributed by atoms with Crippen molar-refractivity contribution in [3.8, 4) is 0 Å². The molecule has 2 amide bonds. The van der Waals surface area contributed by atoms with Crippen LogP contribution in [0, 0.1) is 6.92 Å². The molecule has 0 saturated carbocycles. The van der Waals surface area contributed by atoms with Crippen LogP contribution in [0.4, 0.5) is 10.5 Å². The molecule has 19 heavy (non-hydrogen) atoms. The van der Waals surface area contributed by atoms with Gasteiger partial charge >= 0.3 is 6.03 Å². The van der Waals surface area contributed by atoms with Gasteiger partial charge in [-0.05, 0) is 51.5 Å². The standard InChI is InChI=1S/C14H21BrN2O2/c1-5-17(9-14(3,4)19)13(18)16-12-7-6-11(15)8-10(12)2/h6-8,19H,5,9H2,1-4H3,(H,16,18). The zero-order chi connectivity index (χ0) is 14.6. The van der Waals surface area contributed by atoms with Crippen LogP contribution in [0.5, 0.6) is 0 Å². The van der Waals surface area contributed by atoms with Crippen LogP contribution < -0.4 is 5.32 Å². The number of aliphatic hydroxyl groups is 1. The Hall–Kier alpha value is -1.07. The summed E-state index contributed by atoms with van der Waals surface area (Å²) in [6.45, 7) is 8.05. The maximum Gasteiger partial charge on any atom is 0.321 e. The van der Waals surface area contributed by atoms with Crippen molar-refractivity contribution in [3.63, 3.8) is 0 Å². The quantitative estimate of drug-likeness (QED) is 0.890. The molecule has 2 N–H and O–H groups in total. The van der Waals surface area contributed by atoms with E-state index in [1.54, 1.807) is 18.7 Å². The molecule has 0 radical (unpaired) electrons. The lowest BCUT2D eigenvalue weighted by Gasteiger charge is -2.28. The first-order valence-corrected chi connectivity index (χ1v) is 7.06. The van der Waals surface area contributed by atoms with Crippen molar-refractivity contribution >= 4 is 27.6 Å². The number of carbonyl (C=O) groups excluding carboxylic acids is 1. The summed E-state index contributed by atoms with van der Waals surface area (Å²) in [7, 11) is 0. The molecule has 0 aliphatic carbocycles. The van der Waals surface area contributed by atoms with Crippen molar-refractivity contribution in [2.75, 3.05) is 18.4 Å². The van der Waals surface area contributed by atoms with Crippen LogP contribution >= 0.6 is 15.9 Å².